The number of ether oxygens (including phenoxy) is 2. The van der Waals surface area contributed by atoms with Gasteiger partial charge in [0.25, 0.3) is 0 Å². The molecule has 2 N–H and O–H groups in total. The van der Waals surface area contributed by atoms with Crippen LogP contribution < -0.4 is 10.2 Å². The molecule has 1 aromatic rings. The second kappa shape index (κ2) is 10.4. The van der Waals surface area contributed by atoms with Crippen molar-refractivity contribution < 1.29 is 24.2 Å². The van der Waals surface area contributed by atoms with Gasteiger partial charge in [-0.15, -0.1) is 0 Å². The van der Waals surface area contributed by atoms with Crippen LogP contribution in [0.2, 0.25) is 0 Å². The van der Waals surface area contributed by atoms with Crippen LogP contribution in [0.25, 0.3) is 0 Å². The van der Waals surface area contributed by atoms with Gasteiger partial charge in [0.1, 0.15) is 17.0 Å². The zero-order valence-corrected chi connectivity index (χ0v) is 23.3. The Hall–Kier alpha value is -2.44. The molecule has 0 saturated carbocycles. The Bertz CT molecular complexity index is 830. The van der Waals surface area contributed by atoms with Crippen molar-refractivity contribution in [2.24, 2.45) is 0 Å². The summed E-state index contributed by atoms with van der Waals surface area (Å²) >= 11 is 0. The number of carbonyl (C=O) groups is 2. The van der Waals surface area contributed by atoms with Crippen molar-refractivity contribution in [1.82, 2.24) is 5.32 Å². The molecule has 7 nitrogen and oxygen atoms in total. The van der Waals surface area contributed by atoms with E-state index < -0.39 is 23.4 Å². The summed E-state index contributed by atoms with van der Waals surface area (Å²) < 4.78 is 11.0. The molecular formula is C27H46N2O5. The maximum absolute atomic E-state index is 13.2. The molecule has 0 bridgehead atoms. The first-order chi connectivity index (χ1) is 15.1. The highest BCUT2D eigenvalue weighted by Gasteiger charge is 2.30. The van der Waals surface area contributed by atoms with E-state index in [2.05, 4.69) is 5.32 Å². The lowest BCUT2D eigenvalue weighted by Gasteiger charge is -2.32. The molecule has 0 fully saturated rings. The summed E-state index contributed by atoms with van der Waals surface area (Å²) in [7, 11) is 0. The number of amides is 2. The number of phenols is 1. The third-order valence-electron chi connectivity index (χ3n) is 4.86. The van der Waals surface area contributed by atoms with Gasteiger partial charge in [-0.05, 0) is 70.9 Å². The SMILES string of the molecule is CC(C)(C)OC(=O)NCCCN(C(=O)OC(C)(C)C)c1cc(C(C)(C)C)c(O)c(C(C)(C)C)c1. The number of nitrogens with one attached hydrogen (secondary N) is 1. The van der Waals surface area contributed by atoms with E-state index in [0.29, 0.717) is 25.2 Å². The van der Waals surface area contributed by atoms with Crippen LogP contribution in [0, 0.1) is 0 Å². The number of hydrogen-bond donors (Lipinski definition) is 2. The van der Waals surface area contributed by atoms with E-state index in [9.17, 15) is 14.7 Å². The van der Waals surface area contributed by atoms with Gasteiger partial charge in [0.2, 0.25) is 0 Å². The molecule has 0 unspecified atom stereocenters. The molecule has 0 atom stereocenters. The zero-order valence-electron chi connectivity index (χ0n) is 23.3. The third kappa shape index (κ3) is 9.43. The predicted octanol–water partition coefficient (Wildman–Crippen LogP) is 6.64. The second-order valence-corrected chi connectivity index (χ2v) is 12.8. The Morgan fingerprint density at radius 1 is 0.824 bits per heavy atom. The standard InChI is InChI=1S/C27H46N2O5/c1-24(2,3)19-16-18(17-20(21(19)30)25(4,5)6)29(23(32)34-27(10,11)12)15-13-14-28-22(31)33-26(7,8)9/h16-17,30H,13-15H2,1-12H3,(H,28,31). The summed E-state index contributed by atoms with van der Waals surface area (Å²) in [6.45, 7) is 23.7. The van der Waals surface area contributed by atoms with Crippen LogP contribution in [-0.4, -0.2) is 41.6 Å². The van der Waals surface area contributed by atoms with Gasteiger partial charge in [0.05, 0.1) is 0 Å². The molecule has 1 rings (SSSR count). The van der Waals surface area contributed by atoms with Crippen LogP contribution in [0.3, 0.4) is 0 Å². The minimum atomic E-state index is -0.666. The van der Waals surface area contributed by atoms with Crippen LogP contribution in [0.15, 0.2) is 12.1 Å². The fraction of sp³-hybridized carbons (Fsp3) is 0.704. The van der Waals surface area contributed by atoms with Crippen LogP contribution in [0.1, 0.15) is 101 Å². The van der Waals surface area contributed by atoms with Crippen LogP contribution in [0.4, 0.5) is 15.3 Å². The lowest BCUT2D eigenvalue weighted by Crippen LogP contribution is -2.39. The van der Waals surface area contributed by atoms with Gasteiger partial charge >= 0.3 is 12.2 Å². The summed E-state index contributed by atoms with van der Waals surface area (Å²) in [5.41, 5.74) is 0.257. The summed E-state index contributed by atoms with van der Waals surface area (Å²) in [5, 5.41) is 13.8. The van der Waals surface area contributed by atoms with E-state index in [1.165, 1.54) is 0 Å². The molecule has 0 radical (unpaired) electrons. The number of benzene rings is 1. The smallest absolute Gasteiger partial charge is 0.414 e. The molecule has 0 spiro atoms. The highest BCUT2D eigenvalue weighted by molar-refractivity contribution is 5.88. The van der Waals surface area contributed by atoms with E-state index in [0.717, 1.165) is 11.1 Å². The van der Waals surface area contributed by atoms with Crippen molar-refractivity contribution in [2.45, 2.75) is 112 Å². The molecule has 0 heterocycles. The van der Waals surface area contributed by atoms with Crippen molar-refractivity contribution in [3.05, 3.63) is 23.3 Å². The quantitative estimate of drug-likeness (QED) is 0.463. The highest BCUT2D eigenvalue weighted by atomic mass is 16.6. The predicted molar refractivity (Wildman–Crippen MR) is 138 cm³/mol. The normalized spacial score (nSPS) is 12.8. The number of phenolic OH excluding ortho intramolecular Hbond substituents is 1. The summed E-state index contributed by atoms with van der Waals surface area (Å²) in [6, 6.07) is 3.71. The molecule has 0 aliphatic rings. The average molecular weight is 479 g/mol. The molecule has 0 aromatic heterocycles. The highest BCUT2D eigenvalue weighted by Crippen LogP contribution is 2.42. The Balaban J connectivity index is 3.32. The van der Waals surface area contributed by atoms with Crippen molar-refractivity contribution in [1.29, 1.82) is 0 Å². The van der Waals surface area contributed by atoms with Crippen LogP contribution in [-0.2, 0) is 20.3 Å². The molecule has 7 heteroatoms. The van der Waals surface area contributed by atoms with Crippen molar-refractivity contribution in [3.8, 4) is 5.75 Å². The van der Waals surface area contributed by atoms with Gasteiger partial charge in [0.15, 0.2) is 0 Å². The van der Waals surface area contributed by atoms with Gasteiger partial charge in [-0.3, -0.25) is 4.90 Å². The maximum Gasteiger partial charge on any atom is 0.414 e. The first kappa shape index (κ1) is 29.6. The van der Waals surface area contributed by atoms with Gasteiger partial charge in [0, 0.05) is 29.9 Å². The minimum Gasteiger partial charge on any atom is -0.507 e. The van der Waals surface area contributed by atoms with Gasteiger partial charge in [-0.2, -0.15) is 0 Å². The van der Waals surface area contributed by atoms with Gasteiger partial charge in [-0.25, -0.2) is 9.59 Å². The summed E-state index contributed by atoms with van der Waals surface area (Å²) in [6.07, 6.45) is -0.476. The van der Waals surface area contributed by atoms with E-state index in [1.54, 1.807) is 25.7 Å². The maximum atomic E-state index is 13.2. The second-order valence-electron chi connectivity index (χ2n) is 12.8. The molecule has 1 aromatic carbocycles. The Kier molecular flexibility index (Phi) is 9.09. The molecular weight excluding hydrogens is 432 g/mol. The Morgan fingerprint density at radius 2 is 1.26 bits per heavy atom. The van der Waals surface area contributed by atoms with Crippen molar-refractivity contribution in [2.75, 3.05) is 18.0 Å². The summed E-state index contributed by atoms with van der Waals surface area (Å²) in [5.74, 6) is 0.250. The monoisotopic (exact) mass is 478 g/mol. The van der Waals surface area contributed by atoms with E-state index in [4.69, 9.17) is 9.47 Å². The van der Waals surface area contributed by atoms with Crippen LogP contribution in [0.5, 0.6) is 5.75 Å². The average Bonchev–Trinajstić information content (AvgIpc) is 2.57. The fourth-order valence-electron chi connectivity index (χ4n) is 3.30. The number of alkyl carbamates (subject to hydrolysis) is 1. The zero-order chi connectivity index (χ0) is 26.7. The number of rotatable bonds is 5. The van der Waals surface area contributed by atoms with Crippen LogP contribution >= 0.6 is 0 Å². The number of aromatic hydroxyl groups is 1. The molecule has 194 valence electrons. The molecule has 0 saturated heterocycles. The van der Waals surface area contributed by atoms with Crippen molar-refractivity contribution in [3.63, 3.8) is 0 Å². The van der Waals surface area contributed by atoms with E-state index in [-0.39, 0.29) is 16.6 Å². The lowest BCUT2D eigenvalue weighted by molar-refractivity contribution is 0.0527. The molecule has 0 aliphatic carbocycles. The number of anilines is 1. The van der Waals surface area contributed by atoms with Gasteiger partial charge in [-0.1, -0.05) is 41.5 Å². The summed E-state index contributed by atoms with van der Waals surface area (Å²) in [4.78, 5) is 26.8. The third-order valence-corrected chi connectivity index (χ3v) is 4.86. The van der Waals surface area contributed by atoms with Gasteiger partial charge < -0.3 is 19.9 Å². The van der Waals surface area contributed by atoms with E-state index in [1.807, 2.05) is 74.4 Å². The topological polar surface area (TPSA) is 88.1 Å². The number of hydrogen-bond acceptors (Lipinski definition) is 5. The van der Waals surface area contributed by atoms with Crippen molar-refractivity contribution >= 4 is 17.9 Å². The first-order valence-corrected chi connectivity index (χ1v) is 12.0. The number of carbonyl (C=O) groups excluding carboxylic acids is 2. The van der Waals surface area contributed by atoms with E-state index >= 15 is 0 Å². The molecule has 2 amide bonds. The largest absolute Gasteiger partial charge is 0.507 e. The Morgan fingerprint density at radius 3 is 1.65 bits per heavy atom. The molecule has 34 heavy (non-hydrogen) atoms. The first-order valence-electron chi connectivity index (χ1n) is 12.0. The number of nitrogens with zero attached hydrogens (tertiary/aromatic N) is 1. The fourth-order valence-corrected chi connectivity index (χ4v) is 3.30. The lowest BCUT2D eigenvalue weighted by atomic mass is 9.79. The minimum absolute atomic E-state index is 0.250. The Labute approximate surface area is 206 Å². The molecule has 0 aliphatic heterocycles.